The Bertz CT molecular complexity index is 430. The highest BCUT2D eigenvalue weighted by molar-refractivity contribution is 5.35. The van der Waals surface area contributed by atoms with E-state index in [-0.39, 0.29) is 12.2 Å². The van der Waals surface area contributed by atoms with E-state index in [1.54, 1.807) is 0 Å². The van der Waals surface area contributed by atoms with Gasteiger partial charge in [0.2, 0.25) is 0 Å². The summed E-state index contributed by atoms with van der Waals surface area (Å²) in [4.78, 5) is 0. The van der Waals surface area contributed by atoms with Crippen molar-refractivity contribution in [1.82, 2.24) is 0 Å². The first-order chi connectivity index (χ1) is 10.8. The van der Waals surface area contributed by atoms with Crippen molar-refractivity contribution >= 4 is 0 Å². The highest BCUT2D eigenvalue weighted by atomic mass is 16.5. The SMILES string of the molecule is OC(CC#CC1=CCOC1C1CCCCC1)C1CCCCC1. The molecule has 2 nitrogen and oxygen atoms in total. The molecule has 122 valence electrons. The lowest BCUT2D eigenvalue weighted by atomic mass is 9.82. The minimum absolute atomic E-state index is 0.233. The van der Waals surface area contributed by atoms with Gasteiger partial charge in [0.25, 0.3) is 0 Å². The summed E-state index contributed by atoms with van der Waals surface area (Å²) in [6.45, 7) is 0.719. The zero-order valence-electron chi connectivity index (χ0n) is 13.7. The van der Waals surface area contributed by atoms with Gasteiger partial charge in [0.1, 0.15) is 0 Å². The second-order valence-corrected chi connectivity index (χ2v) is 7.28. The third-order valence-corrected chi connectivity index (χ3v) is 5.70. The Hall–Kier alpha value is -0.780. The number of hydrogen-bond donors (Lipinski definition) is 1. The highest BCUT2D eigenvalue weighted by Crippen LogP contribution is 2.33. The first-order valence-electron chi connectivity index (χ1n) is 9.33. The van der Waals surface area contributed by atoms with Crippen LogP contribution in [-0.2, 0) is 4.74 Å². The van der Waals surface area contributed by atoms with E-state index in [4.69, 9.17) is 4.74 Å². The average molecular weight is 302 g/mol. The summed E-state index contributed by atoms with van der Waals surface area (Å²) >= 11 is 0. The van der Waals surface area contributed by atoms with E-state index in [1.165, 1.54) is 69.8 Å². The van der Waals surface area contributed by atoms with Crippen LogP contribution in [0.25, 0.3) is 0 Å². The summed E-state index contributed by atoms with van der Waals surface area (Å²) in [5.41, 5.74) is 1.18. The average Bonchev–Trinajstić information content (AvgIpc) is 3.05. The molecule has 2 atom stereocenters. The van der Waals surface area contributed by atoms with Gasteiger partial charge in [-0.05, 0) is 43.6 Å². The summed E-state index contributed by atoms with van der Waals surface area (Å²) in [6.07, 6.45) is 15.7. The molecule has 2 unspecified atom stereocenters. The number of aliphatic hydroxyl groups excluding tert-OH is 1. The minimum atomic E-state index is -0.233. The van der Waals surface area contributed by atoms with Crippen molar-refractivity contribution in [3.8, 4) is 11.8 Å². The van der Waals surface area contributed by atoms with Gasteiger partial charge in [-0.25, -0.2) is 0 Å². The summed E-state index contributed by atoms with van der Waals surface area (Å²) in [7, 11) is 0. The molecular weight excluding hydrogens is 272 g/mol. The molecule has 0 aromatic rings. The Kier molecular flexibility index (Phi) is 5.98. The highest BCUT2D eigenvalue weighted by Gasteiger charge is 2.29. The molecular formula is C20H30O2. The molecule has 0 bridgehead atoms. The fraction of sp³-hybridized carbons (Fsp3) is 0.800. The number of hydrogen-bond acceptors (Lipinski definition) is 2. The number of aliphatic hydroxyl groups is 1. The molecule has 2 aliphatic carbocycles. The van der Waals surface area contributed by atoms with Crippen molar-refractivity contribution in [2.24, 2.45) is 11.8 Å². The molecule has 1 aliphatic heterocycles. The van der Waals surface area contributed by atoms with Gasteiger partial charge >= 0.3 is 0 Å². The van der Waals surface area contributed by atoms with E-state index in [2.05, 4.69) is 17.9 Å². The van der Waals surface area contributed by atoms with E-state index in [0.29, 0.717) is 18.3 Å². The van der Waals surface area contributed by atoms with Crippen LogP contribution < -0.4 is 0 Å². The molecule has 1 N–H and O–H groups in total. The van der Waals surface area contributed by atoms with Crippen molar-refractivity contribution in [1.29, 1.82) is 0 Å². The minimum Gasteiger partial charge on any atom is -0.392 e. The van der Waals surface area contributed by atoms with Crippen molar-refractivity contribution in [3.05, 3.63) is 11.6 Å². The zero-order chi connectivity index (χ0) is 15.2. The molecule has 2 heteroatoms. The number of rotatable bonds is 3. The molecule has 3 rings (SSSR count). The smallest absolute Gasteiger partial charge is 0.0932 e. The van der Waals surface area contributed by atoms with Gasteiger partial charge in [0.05, 0.1) is 18.8 Å². The lowest BCUT2D eigenvalue weighted by Gasteiger charge is -2.27. The molecule has 0 spiro atoms. The van der Waals surface area contributed by atoms with Gasteiger partial charge in [0.15, 0.2) is 0 Å². The van der Waals surface area contributed by atoms with E-state index >= 15 is 0 Å². The maximum absolute atomic E-state index is 10.3. The van der Waals surface area contributed by atoms with E-state index in [1.807, 2.05) is 0 Å². The molecule has 2 saturated carbocycles. The largest absolute Gasteiger partial charge is 0.392 e. The summed E-state index contributed by atoms with van der Waals surface area (Å²) in [6, 6.07) is 0. The van der Waals surface area contributed by atoms with Crippen molar-refractivity contribution in [3.63, 3.8) is 0 Å². The molecule has 0 aromatic heterocycles. The second kappa shape index (κ2) is 8.18. The van der Waals surface area contributed by atoms with Crippen LogP contribution in [0.15, 0.2) is 11.6 Å². The lowest BCUT2D eigenvalue weighted by molar-refractivity contribution is 0.0610. The van der Waals surface area contributed by atoms with E-state index in [0.717, 1.165) is 6.61 Å². The van der Waals surface area contributed by atoms with Gasteiger partial charge < -0.3 is 9.84 Å². The molecule has 0 radical (unpaired) electrons. The predicted molar refractivity (Wildman–Crippen MR) is 89.4 cm³/mol. The van der Waals surface area contributed by atoms with Crippen LogP contribution >= 0.6 is 0 Å². The van der Waals surface area contributed by atoms with Crippen LogP contribution in [0, 0.1) is 23.7 Å². The number of ether oxygens (including phenoxy) is 1. The van der Waals surface area contributed by atoms with Crippen LogP contribution in [-0.4, -0.2) is 23.9 Å². The first-order valence-corrected chi connectivity index (χ1v) is 9.33. The van der Waals surface area contributed by atoms with Crippen molar-refractivity contribution in [2.45, 2.75) is 82.8 Å². The third kappa shape index (κ3) is 4.15. The molecule has 0 amide bonds. The third-order valence-electron chi connectivity index (χ3n) is 5.70. The topological polar surface area (TPSA) is 29.5 Å². The zero-order valence-corrected chi connectivity index (χ0v) is 13.7. The van der Waals surface area contributed by atoms with Crippen LogP contribution in [0.4, 0.5) is 0 Å². The van der Waals surface area contributed by atoms with Gasteiger partial charge in [-0.2, -0.15) is 0 Å². The Morgan fingerprint density at radius 3 is 2.45 bits per heavy atom. The maximum atomic E-state index is 10.3. The monoisotopic (exact) mass is 302 g/mol. The van der Waals surface area contributed by atoms with Crippen LogP contribution in [0.1, 0.15) is 70.6 Å². The molecule has 22 heavy (non-hydrogen) atoms. The summed E-state index contributed by atoms with van der Waals surface area (Å²) < 4.78 is 5.92. The van der Waals surface area contributed by atoms with E-state index < -0.39 is 0 Å². The fourth-order valence-corrected chi connectivity index (χ4v) is 4.34. The Morgan fingerprint density at radius 2 is 1.73 bits per heavy atom. The predicted octanol–water partition coefficient (Wildman–Crippen LogP) is 4.23. The van der Waals surface area contributed by atoms with Gasteiger partial charge in [-0.15, -0.1) is 0 Å². The van der Waals surface area contributed by atoms with Gasteiger partial charge in [-0.1, -0.05) is 50.4 Å². The molecule has 0 aromatic carbocycles. The van der Waals surface area contributed by atoms with Crippen LogP contribution in [0.2, 0.25) is 0 Å². The Labute approximate surface area is 135 Å². The molecule has 3 aliphatic rings. The van der Waals surface area contributed by atoms with Crippen LogP contribution in [0.3, 0.4) is 0 Å². The van der Waals surface area contributed by atoms with Crippen molar-refractivity contribution in [2.75, 3.05) is 6.61 Å². The fourth-order valence-electron chi connectivity index (χ4n) is 4.34. The summed E-state index contributed by atoms with van der Waals surface area (Å²) in [5, 5.41) is 10.3. The Morgan fingerprint density at radius 1 is 1.05 bits per heavy atom. The van der Waals surface area contributed by atoms with E-state index in [9.17, 15) is 5.11 Å². The normalized spacial score (nSPS) is 28.8. The first kappa shape index (κ1) is 16.1. The van der Waals surface area contributed by atoms with Gasteiger partial charge in [-0.3, -0.25) is 0 Å². The standard InChI is InChI=1S/C20H30O2/c21-19(16-8-3-1-4-9-16)13-7-12-18-14-15-22-20(18)17-10-5-2-6-11-17/h14,16-17,19-21H,1-6,8-11,13,15H2. The summed E-state index contributed by atoms with van der Waals surface area (Å²) in [5.74, 6) is 7.71. The molecule has 1 heterocycles. The molecule has 0 saturated heterocycles. The van der Waals surface area contributed by atoms with Gasteiger partial charge in [0, 0.05) is 12.0 Å². The van der Waals surface area contributed by atoms with Crippen molar-refractivity contribution < 1.29 is 9.84 Å². The van der Waals surface area contributed by atoms with Crippen LogP contribution in [0.5, 0.6) is 0 Å². The Balaban J connectivity index is 1.51. The maximum Gasteiger partial charge on any atom is 0.0932 e. The second-order valence-electron chi connectivity index (χ2n) is 7.28. The lowest BCUT2D eigenvalue weighted by Crippen LogP contribution is -2.24. The molecule has 2 fully saturated rings. The quantitative estimate of drug-likeness (QED) is 0.791.